The van der Waals surface area contributed by atoms with Gasteiger partial charge in [0, 0.05) is 10.7 Å². The van der Waals surface area contributed by atoms with E-state index in [2.05, 4.69) is 10.0 Å². The third-order valence-corrected chi connectivity index (χ3v) is 2.68. The molecule has 1 atom stereocenters. The average molecular weight is 213 g/mol. The Labute approximate surface area is 77.2 Å². The highest BCUT2D eigenvalue weighted by Crippen LogP contribution is 2.07. The first kappa shape index (κ1) is 10.2. The first-order valence-electron chi connectivity index (χ1n) is 4.03. The average Bonchev–Trinajstić information content (AvgIpc) is 2.12. The van der Waals surface area contributed by atoms with Gasteiger partial charge in [-0.15, -0.1) is 0 Å². The molecule has 1 rings (SSSR count). The molecule has 0 aromatic heterocycles. The second kappa shape index (κ2) is 4.41. The van der Waals surface area contributed by atoms with E-state index in [1.54, 1.807) is 0 Å². The number of hydrogen-bond acceptors (Lipinski definition) is 3. The van der Waals surface area contributed by atoms with E-state index in [1.165, 1.54) is 0 Å². The van der Waals surface area contributed by atoms with Crippen molar-refractivity contribution in [2.24, 2.45) is 0 Å². The maximum absolute atomic E-state index is 10.6. The largest absolute Gasteiger partial charge is 0.301 e. The van der Waals surface area contributed by atoms with Crippen molar-refractivity contribution >= 4 is 19.9 Å². The van der Waals surface area contributed by atoms with E-state index < -0.39 is 9.24 Å². The lowest BCUT2D eigenvalue weighted by molar-refractivity contribution is 0.478. The molecule has 0 amide bonds. The number of nitrogens with one attached hydrogen (secondary N) is 2. The van der Waals surface area contributed by atoms with Gasteiger partial charge >= 0.3 is 0 Å². The molecule has 4 nitrogen and oxygen atoms in total. The zero-order valence-electron chi connectivity index (χ0n) is 6.72. The lowest BCUT2D eigenvalue weighted by Crippen LogP contribution is -2.42. The van der Waals surface area contributed by atoms with E-state index in [0.717, 1.165) is 32.2 Å². The summed E-state index contributed by atoms with van der Waals surface area (Å²) < 4.78 is 23.6. The molecule has 2 N–H and O–H groups in total. The van der Waals surface area contributed by atoms with Gasteiger partial charge < -0.3 is 5.32 Å². The van der Waals surface area contributed by atoms with Crippen LogP contribution in [0.25, 0.3) is 0 Å². The minimum atomic E-state index is -3.58. The van der Waals surface area contributed by atoms with Gasteiger partial charge in [0.1, 0.15) is 0 Å². The first-order chi connectivity index (χ1) is 5.58. The Morgan fingerprint density at radius 2 is 2.08 bits per heavy atom. The molecule has 72 valence electrons. The molecule has 0 saturated carbocycles. The molecule has 1 aliphatic heterocycles. The molecule has 6 heteroatoms. The van der Waals surface area contributed by atoms with Gasteiger partial charge in [0.15, 0.2) is 0 Å². The summed E-state index contributed by atoms with van der Waals surface area (Å²) in [6.07, 6.45) is 3.91. The summed E-state index contributed by atoms with van der Waals surface area (Å²) in [6, 6.07) is 0. The van der Waals surface area contributed by atoms with Crippen LogP contribution >= 0.6 is 10.7 Å². The predicted octanol–water partition coefficient (Wildman–Crippen LogP) is 0.549. The minimum Gasteiger partial charge on any atom is -0.301 e. The summed E-state index contributed by atoms with van der Waals surface area (Å²) in [5, 5.41) is 3.06. The summed E-state index contributed by atoms with van der Waals surface area (Å²) in [5.74, 6) is 0. The van der Waals surface area contributed by atoms with Crippen molar-refractivity contribution in [3.05, 3.63) is 0 Å². The van der Waals surface area contributed by atoms with Gasteiger partial charge in [-0.1, -0.05) is 12.8 Å². The van der Waals surface area contributed by atoms with Crippen molar-refractivity contribution < 1.29 is 8.42 Å². The van der Waals surface area contributed by atoms with E-state index in [9.17, 15) is 8.42 Å². The van der Waals surface area contributed by atoms with Crippen LogP contribution in [0.15, 0.2) is 0 Å². The molecule has 1 unspecified atom stereocenters. The number of hydrogen-bond donors (Lipinski definition) is 2. The Morgan fingerprint density at radius 3 is 2.75 bits per heavy atom. The van der Waals surface area contributed by atoms with Gasteiger partial charge in [-0.25, -0.2) is 0 Å². The molecule has 0 bridgehead atoms. The maximum atomic E-state index is 10.6. The van der Waals surface area contributed by atoms with E-state index >= 15 is 0 Å². The quantitative estimate of drug-likeness (QED) is 0.658. The van der Waals surface area contributed by atoms with Gasteiger partial charge in [-0.05, 0) is 19.4 Å². The van der Waals surface area contributed by atoms with Crippen molar-refractivity contribution in [3.63, 3.8) is 0 Å². The third-order valence-electron chi connectivity index (χ3n) is 1.84. The fourth-order valence-electron chi connectivity index (χ4n) is 1.30. The van der Waals surface area contributed by atoms with Gasteiger partial charge in [-0.3, -0.25) is 0 Å². The zero-order chi connectivity index (χ0) is 9.03. The van der Waals surface area contributed by atoms with E-state index in [0.29, 0.717) is 0 Å². The minimum absolute atomic E-state index is 0.185. The highest BCUT2D eigenvalue weighted by molar-refractivity contribution is 8.12. The van der Waals surface area contributed by atoms with Crippen LogP contribution in [0.3, 0.4) is 0 Å². The fourth-order valence-corrected chi connectivity index (χ4v) is 2.16. The molecule has 12 heavy (non-hydrogen) atoms. The van der Waals surface area contributed by atoms with Crippen LogP contribution in [-0.2, 0) is 9.24 Å². The predicted molar refractivity (Wildman–Crippen MR) is 48.2 cm³/mol. The molecule has 1 heterocycles. The van der Waals surface area contributed by atoms with Crippen LogP contribution in [-0.4, -0.2) is 21.1 Å². The smallest absolute Gasteiger partial charge is 0.298 e. The highest BCUT2D eigenvalue weighted by Gasteiger charge is 2.15. The van der Waals surface area contributed by atoms with Crippen LogP contribution in [0.2, 0.25) is 0 Å². The van der Waals surface area contributed by atoms with E-state index in [4.69, 9.17) is 10.7 Å². The topological polar surface area (TPSA) is 58.2 Å². The highest BCUT2D eigenvalue weighted by atomic mass is 35.7. The Balaban J connectivity index is 2.40. The number of rotatable bonds is 2. The van der Waals surface area contributed by atoms with Gasteiger partial charge in [0.05, 0.1) is 6.17 Å². The van der Waals surface area contributed by atoms with E-state index in [1.807, 2.05) is 0 Å². The Hall–Kier alpha value is 0.160. The van der Waals surface area contributed by atoms with Gasteiger partial charge in [0.2, 0.25) is 0 Å². The van der Waals surface area contributed by atoms with Crippen molar-refractivity contribution in [2.45, 2.75) is 31.8 Å². The summed E-state index contributed by atoms with van der Waals surface area (Å²) in [7, 11) is 1.46. The Kier molecular flexibility index (Phi) is 3.77. The van der Waals surface area contributed by atoms with Crippen molar-refractivity contribution in [2.75, 3.05) is 6.54 Å². The van der Waals surface area contributed by atoms with Gasteiger partial charge in [0.25, 0.3) is 9.24 Å². The van der Waals surface area contributed by atoms with Crippen LogP contribution in [0.1, 0.15) is 25.7 Å². The molecule has 0 aromatic rings. The maximum Gasteiger partial charge on any atom is 0.298 e. The molecular formula is C6H13ClN2O2S. The molecule has 1 saturated heterocycles. The summed E-state index contributed by atoms with van der Waals surface area (Å²) in [6.45, 7) is 0.851. The Morgan fingerprint density at radius 1 is 1.33 bits per heavy atom. The summed E-state index contributed by atoms with van der Waals surface area (Å²) in [4.78, 5) is 0. The molecule has 0 spiro atoms. The second-order valence-corrected chi connectivity index (χ2v) is 5.24. The van der Waals surface area contributed by atoms with Crippen LogP contribution in [0, 0.1) is 0 Å². The van der Waals surface area contributed by atoms with Crippen molar-refractivity contribution in [3.8, 4) is 0 Å². The molecule has 1 fully saturated rings. The van der Waals surface area contributed by atoms with Crippen LogP contribution in [0.5, 0.6) is 0 Å². The normalized spacial score (nSPS) is 26.6. The lowest BCUT2D eigenvalue weighted by Gasteiger charge is -2.14. The molecular weight excluding hydrogens is 200 g/mol. The van der Waals surface area contributed by atoms with Crippen molar-refractivity contribution in [1.82, 2.24) is 10.0 Å². The molecule has 0 aromatic carbocycles. The fraction of sp³-hybridized carbons (Fsp3) is 1.00. The summed E-state index contributed by atoms with van der Waals surface area (Å²) in [5.41, 5.74) is 0. The summed E-state index contributed by atoms with van der Waals surface area (Å²) >= 11 is 0. The lowest BCUT2D eigenvalue weighted by atomic mass is 10.2. The second-order valence-electron chi connectivity index (χ2n) is 2.91. The van der Waals surface area contributed by atoms with Crippen molar-refractivity contribution in [1.29, 1.82) is 0 Å². The SMILES string of the molecule is O=S(=O)(Cl)NC1CCCCCN1. The number of halogens is 1. The standard InChI is InChI=1S/C6H13ClN2O2S/c7-12(10,11)9-6-4-2-1-3-5-8-6/h6,8-9H,1-5H2. The molecule has 0 aliphatic carbocycles. The van der Waals surface area contributed by atoms with Gasteiger partial charge in [-0.2, -0.15) is 13.1 Å². The zero-order valence-corrected chi connectivity index (χ0v) is 8.29. The molecule has 0 radical (unpaired) electrons. The Bertz CT molecular complexity index is 222. The third kappa shape index (κ3) is 4.25. The monoisotopic (exact) mass is 212 g/mol. The van der Waals surface area contributed by atoms with Crippen LogP contribution in [0.4, 0.5) is 0 Å². The van der Waals surface area contributed by atoms with E-state index in [-0.39, 0.29) is 6.17 Å². The van der Waals surface area contributed by atoms with Crippen LogP contribution < -0.4 is 10.0 Å². The molecule has 1 aliphatic rings. The first-order valence-corrected chi connectivity index (χ1v) is 6.34.